The van der Waals surface area contributed by atoms with E-state index in [1.165, 1.54) is 0 Å². The molecule has 0 aromatic heterocycles. The lowest BCUT2D eigenvalue weighted by Gasteiger charge is -2.08. The van der Waals surface area contributed by atoms with Gasteiger partial charge in [0, 0.05) is 17.8 Å². The molecule has 4 heteroatoms. The minimum atomic E-state index is -0.0515. The van der Waals surface area contributed by atoms with E-state index < -0.39 is 0 Å². The molecule has 3 nitrogen and oxygen atoms in total. The monoisotopic (exact) mass is 212 g/mol. The van der Waals surface area contributed by atoms with Gasteiger partial charge in [0.05, 0.1) is 6.54 Å². The molecular formula is C10H13ClN2O. The lowest BCUT2D eigenvalue weighted by molar-refractivity contribution is -0.118. The van der Waals surface area contributed by atoms with Crippen molar-refractivity contribution in [2.45, 2.75) is 6.92 Å². The molecule has 1 aromatic carbocycles. The van der Waals surface area contributed by atoms with Crippen LogP contribution in [0.1, 0.15) is 5.56 Å². The van der Waals surface area contributed by atoms with Crippen LogP contribution < -0.4 is 10.6 Å². The van der Waals surface area contributed by atoms with Gasteiger partial charge >= 0.3 is 0 Å². The van der Waals surface area contributed by atoms with E-state index in [-0.39, 0.29) is 12.5 Å². The third-order valence-electron chi connectivity index (χ3n) is 1.92. The molecule has 0 radical (unpaired) electrons. The number of carbonyl (C=O) groups is 1. The van der Waals surface area contributed by atoms with Gasteiger partial charge in [-0.3, -0.25) is 4.79 Å². The summed E-state index contributed by atoms with van der Waals surface area (Å²) in [4.78, 5) is 11.0. The highest BCUT2D eigenvalue weighted by Gasteiger charge is 2.01. The number of halogens is 1. The van der Waals surface area contributed by atoms with Gasteiger partial charge in [-0.05, 0) is 24.6 Å². The minimum absolute atomic E-state index is 0.0515. The number of rotatable bonds is 3. The Balaban J connectivity index is 2.66. The molecular weight excluding hydrogens is 200 g/mol. The lowest BCUT2D eigenvalue weighted by atomic mass is 10.2. The van der Waals surface area contributed by atoms with E-state index in [1.807, 2.05) is 19.1 Å². The topological polar surface area (TPSA) is 41.1 Å². The largest absolute Gasteiger partial charge is 0.376 e. The maximum absolute atomic E-state index is 11.0. The first-order valence-electron chi connectivity index (χ1n) is 4.34. The number of carbonyl (C=O) groups excluding carboxylic acids is 1. The highest BCUT2D eigenvalue weighted by Crippen LogP contribution is 2.19. The predicted octanol–water partition coefficient (Wildman–Crippen LogP) is 1.81. The highest BCUT2D eigenvalue weighted by molar-refractivity contribution is 6.30. The van der Waals surface area contributed by atoms with Crippen molar-refractivity contribution in [3.63, 3.8) is 0 Å². The molecule has 0 atom stereocenters. The fraction of sp³-hybridized carbons (Fsp3) is 0.300. The molecule has 2 N–H and O–H groups in total. The van der Waals surface area contributed by atoms with Crippen LogP contribution in [0, 0.1) is 6.92 Å². The third kappa shape index (κ3) is 2.92. The van der Waals surface area contributed by atoms with Crippen LogP contribution in [0.3, 0.4) is 0 Å². The van der Waals surface area contributed by atoms with Crippen LogP contribution in [0.5, 0.6) is 0 Å². The van der Waals surface area contributed by atoms with Gasteiger partial charge in [-0.15, -0.1) is 0 Å². The second kappa shape index (κ2) is 4.86. The average molecular weight is 213 g/mol. The first-order chi connectivity index (χ1) is 6.63. The zero-order chi connectivity index (χ0) is 10.6. The Bertz CT molecular complexity index is 339. The zero-order valence-electron chi connectivity index (χ0n) is 8.23. The molecule has 76 valence electrons. The number of benzene rings is 1. The first-order valence-corrected chi connectivity index (χ1v) is 4.72. The molecule has 0 unspecified atom stereocenters. The van der Waals surface area contributed by atoms with E-state index in [1.54, 1.807) is 13.1 Å². The number of hydrogen-bond acceptors (Lipinski definition) is 2. The Labute approximate surface area is 88.5 Å². The SMILES string of the molecule is CNC(=O)CNc1cc(Cl)ccc1C. The summed E-state index contributed by atoms with van der Waals surface area (Å²) in [6.07, 6.45) is 0. The van der Waals surface area contributed by atoms with E-state index in [0.717, 1.165) is 11.3 Å². The van der Waals surface area contributed by atoms with Gasteiger partial charge in [0.25, 0.3) is 0 Å². The highest BCUT2D eigenvalue weighted by atomic mass is 35.5. The summed E-state index contributed by atoms with van der Waals surface area (Å²) in [7, 11) is 1.61. The van der Waals surface area contributed by atoms with Crippen LogP contribution in [0.15, 0.2) is 18.2 Å². The Morgan fingerprint density at radius 1 is 1.50 bits per heavy atom. The van der Waals surface area contributed by atoms with E-state index in [0.29, 0.717) is 5.02 Å². The van der Waals surface area contributed by atoms with Gasteiger partial charge in [-0.25, -0.2) is 0 Å². The summed E-state index contributed by atoms with van der Waals surface area (Å²) in [5.41, 5.74) is 1.96. The molecule has 0 aliphatic rings. The van der Waals surface area contributed by atoms with Crippen molar-refractivity contribution in [2.24, 2.45) is 0 Å². The number of amides is 1. The van der Waals surface area contributed by atoms with E-state index >= 15 is 0 Å². The molecule has 0 fully saturated rings. The minimum Gasteiger partial charge on any atom is -0.376 e. The Morgan fingerprint density at radius 2 is 2.21 bits per heavy atom. The molecule has 1 aromatic rings. The molecule has 0 aliphatic heterocycles. The number of hydrogen-bond donors (Lipinski definition) is 2. The van der Waals surface area contributed by atoms with E-state index in [2.05, 4.69) is 10.6 Å². The summed E-state index contributed by atoms with van der Waals surface area (Å²) in [6.45, 7) is 2.22. The Hall–Kier alpha value is -1.22. The summed E-state index contributed by atoms with van der Waals surface area (Å²) in [5.74, 6) is -0.0515. The number of aryl methyl sites for hydroxylation is 1. The normalized spacial score (nSPS) is 9.64. The van der Waals surface area contributed by atoms with Crippen LogP contribution in [-0.4, -0.2) is 19.5 Å². The van der Waals surface area contributed by atoms with Crippen LogP contribution in [0.25, 0.3) is 0 Å². The third-order valence-corrected chi connectivity index (χ3v) is 2.15. The Morgan fingerprint density at radius 3 is 2.86 bits per heavy atom. The predicted molar refractivity (Wildman–Crippen MR) is 58.7 cm³/mol. The molecule has 0 heterocycles. The van der Waals surface area contributed by atoms with Crippen molar-refractivity contribution in [1.29, 1.82) is 0 Å². The number of anilines is 1. The fourth-order valence-electron chi connectivity index (χ4n) is 1.05. The molecule has 0 aliphatic carbocycles. The molecule has 14 heavy (non-hydrogen) atoms. The Kier molecular flexibility index (Phi) is 3.77. The quantitative estimate of drug-likeness (QED) is 0.803. The maximum atomic E-state index is 11.0. The second-order valence-corrected chi connectivity index (χ2v) is 3.42. The standard InChI is InChI=1S/C10H13ClN2O/c1-7-3-4-8(11)5-9(7)13-6-10(14)12-2/h3-5,13H,6H2,1-2H3,(H,12,14). The summed E-state index contributed by atoms with van der Waals surface area (Å²) < 4.78 is 0. The van der Waals surface area contributed by atoms with Crippen molar-refractivity contribution in [1.82, 2.24) is 5.32 Å². The van der Waals surface area contributed by atoms with Gasteiger partial charge in [0.15, 0.2) is 0 Å². The van der Waals surface area contributed by atoms with Gasteiger partial charge < -0.3 is 10.6 Å². The molecule has 0 spiro atoms. The van der Waals surface area contributed by atoms with Crippen molar-refractivity contribution in [3.8, 4) is 0 Å². The molecule has 1 rings (SSSR count). The first kappa shape index (κ1) is 10.9. The van der Waals surface area contributed by atoms with E-state index in [9.17, 15) is 4.79 Å². The van der Waals surface area contributed by atoms with Crippen molar-refractivity contribution in [3.05, 3.63) is 28.8 Å². The molecule has 1 amide bonds. The molecule has 0 saturated heterocycles. The smallest absolute Gasteiger partial charge is 0.239 e. The zero-order valence-corrected chi connectivity index (χ0v) is 8.98. The number of likely N-dealkylation sites (N-methyl/N-ethyl adjacent to an activating group) is 1. The van der Waals surface area contributed by atoms with Crippen LogP contribution in [-0.2, 0) is 4.79 Å². The average Bonchev–Trinajstić information content (AvgIpc) is 2.19. The fourth-order valence-corrected chi connectivity index (χ4v) is 1.22. The van der Waals surface area contributed by atoms with Crippen LogP contribution in [0.4, 0.5) is 5.69 Å². The summed E-state index contributed by atoms with van der Waals surface area (Å²) >= 11 is 5.83. The van der Waals surface area contributed by atoms with Crippen molar-refractivity contribution in [2.75, 3.05) is 18.9 Å². The second-order valence-electron chi connectivity index (χ2n) is 2.99. The van der Waals surface area contributed by atoms with Crippen LogP contribution >= 0.6 is 11.6 Å². The van der Waals surface area contributed by atoms with Crippen molar-refractivity contribution >= 4 is 23.2 Å². The lowest BCUT2D eigenvalue weighted by Crippen LogP contribution is -2.26. The maximum Gasteiger partial charge on any atom is 0.239 e. The van der Waals surface area contributed by atoms with Crippen LogP contribution in [0.2, 0.25) is 5.02 Å². The molecule has 0 saturated carbocycles. The number of nitrogens with one attached hydrogen (secondary N) is 2. The van der Waals surface area contributed by atoms with Gasteiger partial charge in [0.2, 0.25) is 5.91 Å². The van der Waals surface area contributed by atoms with Crippen molar-refractivity contribution < 1.29 is 4.79 Å². The van der Waals surface area contributed by atoms with E-state index in [4.69, 9.17) is 11.6 Å². The van der Waals surface area contributed by atoms with Gasteiger partial charge in [-0.2, -0.15) is 0 Å². The summed E-state index contributed by atoms with van der Waals surface area (Å²) in [5, 5.41) is 6.20. The van der Waals surface area contributed by atoms with Gasteiger partial charge in [0.1, 0.15) is 0 Å². The molecule has 0 bridgehead atoms. The van der Waals surface area contributed by atoms with Gasteiger partial charge in [-0.1, -0.05) is 17.7 Å². The summed E-state index contributed by atoms with van der Waals surface area (Å²) in [6, 6.07) is 5.54.